The lowest BCUT2D eigenvalue weighted by atomic mass is 10.4. The molecule has 2 heterocycles. The van der Waals surface area contributed by atoms with Gasteiger partial charge >= 0.3 is 0 Å². The molecule has 0 bridgehead atoms. The molecule has 0 amide bonds. The molecule has 2 aromatic rings. The predicted octanol–water partition coefficient (Wildman–Crippen LogP) is 2.43. The molecule has 3 nitrogen and oxygen atoms in total. The van der Waals surface area contributed by atoms with Crippen molar-refractivity contribution in [2.75, 3.05) is 0 Å². The Morgan fingerprint density at radius 3 is 2.92 bits per heavy atom. The number of hydrogen-bond donors (Lipinski definition) is 0. The van der Waals surface area contributed by atoms with Gasteiger partial charge in [-0.2, -0.15) is 5.10 Å². The molecule has 6 heteroatoms. The Kier molecular flexibility index (Phi) is 1.99. The zero-order chi connectivity index (χ0) is 9.42. The van der Waals surface area contributed by atoms with Crippen LogP contribution in [0.1, 0.15) is 12.1 Å². The van der Waals surface area contributed by atoms with Crippen LogP contribution in [0.2, 0.25) is 0 Å². The minimum atomic E-state index is -2.56. The van der Waals surface area contributed by atoms with E-state index in [1.165, 1.54) is 16.8 Å². The predicted molar refractivity (Wildman–Crippen MR) is 45.6 cm³/mol. The van der Waals surface area contributed by atoms with Crippen LogP contribution in [0.25, 0.3) is 5.65 Å². The summed E-state index contributed by atoms with van der Waals surface area (Å²) in [5, 5.41) is 3.65. The van der Waals surface area contributed by atoms with Gasteiger partial charge in [-0.15, -0.1) is 0 Å². The maximum Gasteiger partial charge on any atom is 0.282 e. The van der Waals surface area contributed by atoms with Crippen LogP contribution in [-0.2, 0) is 0 Å². The van der Waals surface area contributed by atoms with Crippen LogP contribution in [0.4, 0.5) is 8.78 Å². The van der Waals surface area contributed by atoms with Crippen LogP contribution in [0.3, 0.4) is 0 Å². The number of aromatic nitrogens is 3. The van der Waals surface area contributed by atoms with Gasteiger partial charge in [-0.3, -0.25) is 0 Å². The molecule has 0 aliphatic carbocycles. The first-order valence-electron chi connectivity index (χ1n) is 3.46. The smallest absolute Gasteiger partial charge is 0.236 e. The second-order valence-electron chi connectivity index (χ2n) is 2.44. The third-order valence-corrected chi connectivity index (χ3v) is 1.93. The third kappa shape index (κ3) is 1.53. The van der Waals surface area contributed by atoms with E-state index in [9.17, 15) is 8.78 Å². The topological polar surface area (TPSA) is 30.2 Å². The van der Waals surface area contributed by atoms with Gasteiger partial charge in [0.15, 0.2) is 5.65 Å². The van der Waals surface area contributed by atoms with Crippen molar-refractivity contribution in [3.63, 3.8) is 0 Å². The summed E-state index contributed by atoms with van der Waals surface area (Å²) in [5.41, 5.74) is 0.157. The van der Waals surface area contributed by atoms with E-state index >= 15 is 0 Å². The standard InChI is InChI=1S/C7H4BrF2N3/c8-4-2-11-6-1-5(7(9)10)12-13(6)3-4/h1-3,7H. The van der Waals surface area contributed by atoms with E-state index in [4.69, 9.17) is 0 Å². The summed E-state index contributed by atoms with van der Waals surface area (Å²) in [5.74, 6) is 0. The van der Waals surface area contributed by atoms with E-state index in [1.54, 1.807) is 6.20 Å². The second kappa shape index (κ2) is 3.02. The van der Waals surface area contributed by atoms with Crippen molar-refractivity contribution in [3.05, 3.63) is 28.6 Å². The average molecular weight is 248 g/mol. The van der Waals surface area contributed by atoms with Crippen molar-refractivity contribution < 1.29 is 8.78 Å². The van der Waals surface area contributed by atoms with Crippen molar-refractivity contribution in [1.82, 2.24) is 14.6 Å². The number of halogens is 3. The molecular weight excluding hydrogens is 244 g/mol. The number of fused-ring (bicyclic) bond motifs is 1. The maximum atomic E-state index is 12.2. The summed E-state index contributed by atoms with van der Waals surface area (Å²) in [4.78, 5) is 3.90. The molecule has 0 fully saturated rings. The molecule has 0 saturated heterocycles. The molecule has 0 radical (unpaired) electrons. The third-order valence-electron chi connectivity index (χ3n) is 1.52. The van der Waals surface area contributed by atoms with Crippen LogP contribution in [0, 0.1) is 0 Å². The Morgan fingerprint density at radius 2 is 2.23 bits per heavy atom. The van der Waals surface area contributed by atoms with E-state index in [1.807, 2.05) is 0 Å². The Hall–Kier alpha value is -1.04. The van der Waals surface area contributed by atoms with Crippen molar-refractivity contribution >= 4 is 21.6 Å². The molecule has 0 unspecified atom stereocenters. The van der Waals surface area contributed by atoms with Crippen LogP contribution >= 0.6 is 15.9 Å². The first kappa shape index (κ1) is 8.55. The maximum absolute atomic E-state index is 12.2. The van der Waals surface area contributed by atoms with E-state index in [-0.39, 0.29) is 5.69 Å². The van der Waals surface area contributed by atoms with Crippen molar-refractivity contribution in [1.29, 1.82) is 0 Å². The van der Waals surface area contributed by atoms with Gasteiger partial charge in [0.1, 0.15) is 5.69 Å². The Balaban J connectivity index is 2.62. The average Bonchev–Trinajstić information content (AvgIpc) is 2.46. The highest BCUT2D eigenvalue weighted by Crippen LogP contribution is 2.18. The van der Waals surface area contributed by atoms with Gasteiger partial charge in [-0.25, -0.2) is 18.3 Å². The molecule has 13 heavy (non-hydrogen) atoms. The molecule has 0 spiro atoms. The fourth-order valence-corrected chi connectivity index (χ4v) is 1.28. The lowest BCUT2D eigenvalue weighted by Crippen LogP contribution is -1.90. The zero-order valence-corrected chi connectivity index (χ0v) is 7.87. The summed E-state index contributed by atoms with van der Waals surface area (Å²) >= 11 is 3.17. The van der Waals surface area contributed by atoms with Gasteiger partial charge in [0.2, 0.25) is 0 Å². The quantitative estimate of drug-likeness (QED) is 0.775. The number of nitrogens with zero attached hydrogens (tertiary/aromatic N) is 3. The first-order valence-corrected chi connectivity index (χ1v) is 4.25. The van der Waals surface area contributed by atoms with E-state index in [0.717, 1.165) is 0 Å². The normalized spacial score (nSPS) is 11.4. The largest absolute Gasteiger partial charge is 0.282 e. The lowest BCUT2D eigenvalue weighted by Gasteiger charge is -1.91. The fraction of sp³-hybridized carbons (Fsp3) is 0.143. The van der Waals surface area contributed by atoms with Gasteiger partial charge in [-0.1, -0.05) is 0 Å². The molecule has 2 rings (SSSR count). The van der Waals surface area contributed by atoms with Crippen LogP contribution in [-0.4, -0.2) is 14.6 Å². The zero-order valence-electron chi connectivity index (χ0n) is 6.28. The van der Waals surface area contributed by atoms with Gasteiger partial charge in [0.25, 0.3) is 6.43 Å². The van der Waals surface area contributed by atoms with Gasteiger partial charge in [0.05, 0.1) is 4.47 Å². The minimum Gasteiger partial charge on any atom is -0.236 e. The number of hydrogen-bond acceptors (Lipinski definition) is 2. The fourth-order valence-electron chi connectivity index (χ4n) is 0.979. The molecule has 68 valence electrons. The minimum absolute atomic E-state index is 0.259. The highest BCUT2D eigenvalue weighted by Gasteiger charge is 2.12. The Labute approximate surface area is 80.5 Å². The molecule has 0 N–H and O–H groups in total. The summed E-state index contributed by atoms with van der Waals surface area (Å²) in [6.45, 7) is 0. The first-order chi connectivity index (χ1) is 6.16. The van der Waals surface area contributed by atoms with Crippen molar-refractivity contribution in [2.45, 2.75) is 6.43 Å². The second-order valence-corrected chi connectivity index (χ2v) is 3.36. The molecule has 0 aliphatic heterocycles. The molecule has 0 aromatic carbocycles. The van der Waals surface area contributed by atoms with Gasteiger partial charge in [-0.05, 0) is 15.9 Å². The van der Waals surface area contributed by atoms with Crippen molar-refractivity contribution in [3.8, 4) is 0 Å². The summed E-state index contributed by atoms with van der Waals surface area (Å²) < 4.78 is 26.4. The molecule has 2 aromatic heterocycles. The van der Waals surface area contributed by atoms with Crippen LogP contribution in [0.15, 0.2) is 22.9 Å². The van der Waals surface area contributed by atoms with E-state index in [0.29, 0.717) is 10.1 Å². The van der Waals surface area contributed by atoms with Crippen LogP contribution in [0.5, 0.6) is 0 Å². The highest BCUT2D eigenvalue weighted by molar-refractivity contribution is 9.10. The van der Waals surface area contributed by atoms with Gasteiger partial charge in [0, 0.05) is 18.5 Å². The number of rotatable bonds is 1. The highest BCUT2D eigenvalue weighted by atomic mass is 79.9. The molecule has 0 saturated carbocycles. The van der Waals surface area contributed by atoms with Crippen molar-refractivity contribution in [2.24, 2.45) is 0 Å². The monoisotopic (exact) mass is 247 g/mol. The van der Waals surface area contributed by atoms with Gasteiger partial charge < -0.3 is 0 Å². The Morgan fingerprint density at radius 1 is 1.46 bits per heavy atom. The summed E-state index contributed by atoms with van der Waals surface area (Å²) in [6.07, 6.45) is 0.556. The molecule has 0 atom stereocenters. The molecule has 0 aliphatic rings. The lowest BCUT2D eigenvalue weighted by molar-refractivity contribution is 0.145. The summed E-state index contributed by atoms with van der Waals surface area (Å²) in [7, 11) is 0. The number of alkyl halides is 2. The van der Waals surface area contributed by atoms with E-state index in [2.05, 4.69) is 26.0 Å². The summed E-state index contributed by atoms with van der Waals surface area (Å²) in [6, 6.07) is 1.26. The van der Waals surface area contributed by atoms with Crippen LogP contribution < -0.4 is 0 Å². The Bertz CT molecular complexity index is 440. The molecular formula is C7H4BrF2N3. The SMILES string of the molecule is FC(F)c1cc2ncc(Br)cn2n1. The van der Waals surface area contributed by atoms with E-state index < -0.39 is 6.43 Å².